The SMILES string of the molecule is CNC(Cc1ccc(Br)cn1)C1C2C3CCC(C3)C21. The molecule has 3 aliphatic carbocycles. The molecule has 3 heteroatoms. The van der Waals surface area contributed by atoms with Gasteiger partial charge in [0.25, 0.3) is 0 Å². The van der Waals surface area contributed by atoms with Crippen LogP contribution in [0.25, 0.3) is 0 Å². The van der Waals surface area contributed by atoms with Crippen molar-refractivity contribution in [1.82, 2.24) is 10.3 Å². The monoisotopic (exact) mass is 320 g/mol. The van der Waals surface area contributed by atoms with Gasteiger partial charge in [0.05, 0.1) is 0 Å². The molecular weight excluding hydrogens is 300 g/mol. The van der Waals surface area contributed by atoms with E-state index in [2.05, 4.69) is 45.4 Å². The number of fused-ring (bicyclic) bond motifs is 5. The molecule has 2 nitrogen and oxygen atoms in total. The first-order valence-corrected chi connectivity index (χ1v) is 8.35. The molecule has 1 aromatic heterocycles. The fourth-order valence-corrected chi connectivity index (χ4v) is 5.35. The minimum Gasteiger partial charge on any atom is -0.316 e. The standard InChI is InChI=1S/C16H21BrN2/c1-18-13(7-12-5-4-11(17)8-19-12)16-14-9-2-3-10(6-9)15(14)16/h4-5,8-10,13-16,18H,2-3,6-7H2,1H3. The van der Waals surface area contributed by atoms with Crippen LogP contribution in [0.2, 0.25) is 0 Å². The molecular formula is C16H21BrN2. The van der Waals surface area contributed by atoms with Gasteiger partial charge in [0.15, 0.2) is 0 Å². The Kier molecular flexibility index (Phi) is 2.96. The van der Waals surface area contributed by atoms with E-state index in [1.807, 2.05) is 6.20 Å². The number of nitrogens with zero attached hydrogens (tertiary/aromatic N) is 1. The molecule has 0 aliphatic heterocycles. The van der Waals surface area contributed by atoms with E-state index in [0.717, 1.165) is 40.5 Å². The first-order chi connectivity index (χ1) is 9.28. The Hall–Kier alpha value is -0.410. The van der Waals surface area contributed by atoms with E-state index in [1.165, 1.54) is 18.5 Å². The lowest BCUT2D eigenvalue weighted by molar-refractivity contribution is 0.375. The van der Waals surface area contributed by atoms with E-state index in [-0.39, 0.29) is 0 Å². The van der Waals surface area contributed by atoms with Gasteiger partial charge in [0.1, 0.15) is 0 Å². The summed E-state index contributed by atoms with van der Waals surface area (Å²) < 4.78 is 1.07. The summed E-state index contributed by atoms with van der Waals surface area (Å²) in [6.45, 7) is 0. The zero-order chi connectivity index (χ0) is 13.0. The average Bonchev–Trinajstić information content (AvgIpc) is 2.86. The minimum atomic E-state index is 0.632. The van der Waals surface area contributed by atoms with Gasteiger partial charge in [-0.05, 0) is 84.0 Å². The molecule has 5 unspecified atom stereocenters. The zero-order valence-electron chi connectivity index (χ0n) is 11.3. The van der Waals surface area contributed by atoms with Crippen molar-refractivity contribution in [1.29, 1.82) is 0 Å². The molecule has 0 amide bonds. The van der Waals surface area contributed by atoms with Crippen molar-refractivity contribution < 1.29 is 0 Å². The van der Waals surface area contributed by atoms with E-state index in [0.29, 0.717) is 6.04 Å². The van der Waals surface area contributed by atoms with Crippen LogP contribution < -0.4 is 5.32 Å². The van der Waals surface area contributed by atoms with Crippen molar-refractivity contribution in [2.75, 3.05) is 7.05 Å². The molecule has 19 heavy (non-hydrogen) atoms. The Morgan fingerprint density at radius 1 is 1.32 bits per heavy atom. The summed E-state index contributed by atoms with van der Waals surface area (Å²) in [5, 5.41) is 3.57. The molecule has 1 N–H and O–H groups in total. The third kappa shape index (κ3) is 1.97. The van der Waals surface area contributed by atoms with Gasteiger partial charge in [-0.3, -0.25) is 4.98 Å². The highest BCUT2D eigenvalue weighted by Crippen LogP contribution is 2.70. The fourth-order valence-electron chi connectivity index (χ4n) is 5.11. The summed E-state index contributed by atoms with van der Waals surface area (Å²) in [5.74, 6) is 5.16. The number of nitrogens with one attached hydrogen (secondary N) is 1. The Labute approximate surface area is 123 Å². The van der Waals surface area contributed by atoms with E-state index < -0.39 is 0 Å². The minimum absolute atomic E-state index is 0.632. The highest BCUT2D eigenvalue weighted by atomic mass is 79.9. The summed E-state index contributed by atoms with van der Waals surface area (Å²) in [6.07, 6.45) is 7.56. The number of hydrogen-bond acceptors (Lipinski definition) is 2. The van der Waals surface area contributed by atoms with Crippen molar-refractivity contribution >= 4 is 15.9 Å². The van der Waals surface area contributed by atoms with Gasteiger partial charge < -0.3 is 5.32 Å². The molecule has 102 valence electrons. The lowest BCUT2D eigenvalue weighted by atomic mass is 9.95. The quantitative estimate of drug-likeness (QED) is 0.921. The highest BCUT2D eigenvalue weighted by Gasteiger charge is 2.66. The molecule has 3 aliphatic rings. The molecule has 1 heterocycles. The van der Waals surface area contributed by atoms with Gasteiger partial charge in [-0.2, -0.15) is 0 Å². The summed E-state index contributed by atoms with van der Waals surface area (Å²) in [6, 6.07) is 4.89. The number of rotatable bonds is 4. The maximum Gasteiger partial charge on any atom is 0.0420 e. The molecule has 0 radical (unpaired) electrons. The molecule has 0 spiro atoms. The maximum absolute atomic E-state index is 4.54. The normalized spacial score (nSPS) is 40.2. The lowest BCUT2D eigenvalue weighted by Crippen LogP contribution is -2.32. The van der Waals surface area contributed by atoms with Crippen molar-refractivity contribution in [3.05, 3.63) is 28.5 Å². The van der Waals surface area contributed by atoms with Gasteiger partial charge >= 0.3 is 0 Å². The third-order valence-corrected chi connectivity index (χ3v) is 6.32. The van der Waals surface area contributed by atoms with Crippen molar-refractivity contribution in [3.63, 3.8) is 0 Å². The van der Waals surface area contributed by atoms with Gasteiger partial charge in [-0.1, -0.05) is 0 Å². The molecule has 2 bridgehead atoms. The van der Waals surface area contributed by atoms with Gasteiger partial charge in [-0.15, -0.1) is 0 Å². The molecule has 0 aromatic carbocycles. The molecule has 1 aromatic rings. The van der Waals surface area contributed by atoms with E-state index in [9.17, 15) is 0 Å². The van der Waals surface area contributed by atoms with Crippen LogP contribution in [0.4, 0.5) is 0 Å². The first-order valence-electron chi connectivity index (χ1n) is 7.55. The van der Waals surface area contributed by atoms with Crippen molar-refractivity contribution in [2.24, 2.45) is 29.6 Å². The predicted molar refractivity (Wildman–Crippen MR) is 79.8 cm³/mol. The average molecular weight is 321 g/mol. The third-order valence-electron chi connectivity index (χ3n) is 5.85. The number of aromatic nitrogens is 1. The van der Waals surface area contributed by atoms with Crippen LogP contribution in [0.1, 0.15) is 25.0 Å². The van der Waals surface area contributed by atoms with Crippen LogP contribution in [0.15, 0.2) is 22.8 Å². The second kappa shape index (κ2) is 4.56. The number of halogens is 1. The molecule has 3 fully saturated rings. The van der Waals surface area contributed by atoms with Crippen LogP contribution in [0, 0.1) is 29.6 Å². The zero-order valence-corrected chi connectivity index (χ0v) is 12.9. The fraction of sp³-hybridized carbons (Fsp3) is 0.688. The van der Waals surface area contributed by atoms with E-state index in [1.54, 1.807) is 6.42 Å². The smallest absolute Gasteiger partial charge is 0.0420 e. The number of pyridine rings is 1. The Morgan fingerprint density at radius 3 is 2.63 bits per heavy atom. The van der Waals surface area contributed by atoms with Crippen molar-refractivity contribution in [2.45, 2.75) is 31.7 Å². The summed E-state index contributed by atoms with van der Waals surface area (Å²) in [5.41, 5.74) is 1.22. The number of likely N-dealkylation sites (N-methyl/N-ethyl adjacent to an activating group) is 1. The van der Waals surface area contributed by atoms with Crippen LogP contribution >= 0.6 is 15.9 Å². The second-order valence-electron chi connectivity index (χ2n) is 6.63. The van der Waals surface area contributed by atoms with Gasteiger partial charge in [0, 0.05) is 28.8 Å². The Balaban J connectivity index is 1.46. The van der Waals surface area contributed by atoms with Crippen LogP contribution in [-0.2, 0) is 6.42 Å². The molecule has 0 saturated heterocycles. The van der Waals surface area contributed by atoms with Crippen LogP contribution in [0.3, 0.4) is 0 Å². The summed E-state index contributed by atoms with van der Waals surface area (Å²) >= 11 is 3.46. The lowest BCUT2D eigenvalue weighted by Gasteiger charge is -2.19. The van der Waals surface area contributed by atoms with Gasteiger partial charge in [-0.25, -0.2) is 0 Å². The predicted octanol–water partition coefficient (Wildman–Crippen LogP) is 3.27. The summed E-state index contributed by atoms with van der Waals surface area (Å²) in [7, 11) is 2.12. The highest BCUT2D eigenvalue weighted by molar-refractivity contribution is 9.10. The van der Waals surface area contributed by atoms with Crippen LogP contribution in [-0.4, -0.2) is 18.1 Å². The van der Waals surface area contributed by atoms with Crippen LogP contribution in [0.5, 0.6) is 0 Å². The van der Waals surface area contributed by atoms with Gasteiger partial charge in [0.2, 0.25) is 0 Å². The first kappa shape index (κ1) is 12.3. The van der Waals surface area contributed by atoms with E-state index in [4.69, 9.17) is 0 Å². The molecule has 4 rings (SSSR count). The maximum atomic E-state index is 4.54. The Morgan fingerprint density at radius 2 is 2.05 bits per heavy atom. The van der Waals surface area contributed by atoms with E-state index >= 15 is 0 Å². The van der Waals surface area contributed by atoms with Crippen molar-refractivity contribution in [3.8, 4) is 0 Å². The molecule has 5 atom stereocenters. The number of hydrogen-bond donors (Lipinski definition) is 1. The Bertz CT molecular complexity index is 456. The largest absolute Gasteiger partial charge is 0.316 e. The topological polar surface area (TPSA) is 24.9 Å². The summed E-state index contributed by atoms with van der Waals surface area (Å²) in [4.78, 5) is 4.54. The molecule has 3 saturated carbocycles. The second-order valence-corrected chi connectivity index (χ2v) is 7.55.